The van der Waals surface area contributed by atoms with E-state index >= 15 is 14.4 Å². The molecule has 0 unspecified atom stereocenters. The number of aromatic nitrogens is 3. The summed E-state index contributed by atoms with van der Waals surface area (Å²) in [5.74, 6) is -0.402. The molecule has 0 amide bonds. The predicted octanol–water partition coefficient (Wildman–Crippen LogP) is 27.5. The summed E-state index contributed by atoms with van der Waals surface area (Å²) in [6.07, 6.45) is 5.57. The molecule has 114 heavy (non-hydrogen) atoms. The first-order chi connectivity index (χ1) is 55.1. The number of carbonyl (C=O) groups is 3. The lowest BCUT2D eigenvalue weighted by molar-refractivity contribution is 0.103. The summed E-state index contributed by atoms with van der Waals surface area (Å²) >= 11 is 0. The molecule has 0 aliphatic carbocycles. The molecule has 0 bridgehead atoms. The predicted molar refractivity (Wildman–Crippen MR) is 471 cm³/mol. The molecule has 6 nitrogen and oxygen atoms in total. The number of benzene rings is 13. The molecule has 3 aromatic heterocycles. The van der Waals surface area contributed by atoms with E-state index < -0.39 is 0 Å². The summed E-state index contributed by atoms with van der Waals surface area (Å²) in [5.41, 5.74) is 26.6. The van der Waals surface area contributed by atoms with Crippen molar-refractivity contribution >= 4 is 17.3 Å². The van der Waals surface area contributed by atoms with Crippen molar-refractivity contribution in [3.8, 4) is 134 Å². The average molecular weight is 1470 g/mol. The molecule has 0 saturated heterocycles. The van der Waals surface area contributed by atoms with E-state index in [4.69, 9.17) is 15.0 Å². The highest BCUT2D eigenvalue weighted by Gasteiger charge is 2.28. The van der Waals surface area contributed by atoms with Gasteiger partial charge < -0.3 is 0 Å². The summed E-state index contributed by atoms with van der Waals surface area (Å²) in [6, 6.07) is 117. The number of rotatable bonds is 18. The van der Waals surface area contributed by atoms with Crippen LogP contribution in [-0.2, 0) is 16.2 Å². The maximum Gasteiger partial charge on any atom is 0.193 e. The quantitative estimate of drug-likeness (QED) is 0.0795. The molecule has 0 spiro atoms. The molecule has 16 rings (SSSR count). The van der Waals surface area contributed by atoms with E-state index in [1.807, 2.05) is 182 Å². The smallest absolute Gasteiger partial charge is 0.193 e. The van der Waals surface area contributed by atoms with Crippen LogP contribution >= 0.6 is 0 Å². The summed E-state index contributed by atoms with van der Waals surface area (Å²) in [6.45, 7) is 19.8. The third-order valence-corrected chi connectivity index (χ3v) is 21.8. The Hall–Kier alpha value is -13.7. The monoisotopic (exact) mass is 1470 g/mol. The molecule has 0 fully saturated rings. The van der Waals surface area contributed by atoms with E-state index in [-0.39, 0.29) is 33.6 Å². The number of hydrogen-bond donors (Lipinski definition) is 0. The van der Waals surface area contributed by atoms with Gasteiger partial charge in [-0.3, -0.25) is 29.3 Å². The van der Waals surface area contributed by atoms with Gasteiger partial charge >= 0.3 is 0 Å². The van der Waals surface area contributed by atoms with Crippen molar-refractivity contribution in [2.24, 2.45) is 0 Å². The number of carbonyl (C=O) groups excluding carboxylic acids is 3. The van der Waals surface area contributed by atoms with E-state index in [2.05, 4.69) is 244 Å². The van der Waals surface area contributed by atoms with Crippen LogP contribution in [0.4, 0.5) is 0 Å². The van der Waals surface area contributed by atoms with Crippen LogP contribution in [0.3, 0.4) is 0 Å². The molecule has 0 radical (unpaired) electrons. The topological polar surface area (TPSA) is 89.9 Å². The van der Waals surface area contributed by atoms with Gasteiger partial charge in [0.2, 0.25) is 0 Å². The van der Waals surface area contributed by atoms with E-state index in [1.54, 1.807) is 0 Å². The molecule has 0 aliphatic heterocycles. The van der Waals surface area contributed by atoms with Crippen molar-refractivity contribution in [2.45, 2.75) is 78.6 Å². The second kappa shape index (κ2) is 31.2. The minimum absolute atomic E-state index is 0.134. The van der Waals surface area contributed by atoms with Gasteiger partial charge in [0.25, 0.3) is 0 Å². The highest BCUT2D eigenvalue weighted by molar-refractivity contribution is 6.17. The molecule has 6 heteroatoms. The number of ketones is 3. The highest BCUT2D eigenvalue weighted by atomic mass is 16.1. The lowest BCUT2D eigenvalue weighted by Crippen LogP contribution is -2.11. The largest absolute Gasteiger partial charge is 0.289 e. The highest BCUT2D eigenvalue weighted by Crippen LogP contribution is 2.47. The van der Waals surface area contributed by atoms with E-state index in [0.717, 1.165) is 151 Å². The van der Waals surface area contributed by atoms with Crippen molar-refractivity contribution in [2.75, 3.05) is 0 Å². The molecular weight excluding hydrogens is 1390 g/mol. The van der Waals surface area contributed by atoms with Crippen molar-refractivity contribution in [1.82, 2.24) is 15.0 Å². The van der Waals surface area contributed by atoms with E-state index in [1.165, 1.54) is 0 Å². The molecule has 0 aliphatic rings. The first-order valence-electron chi connectivity index (χ1n) is 39.0. The van der Waals surface area contributed by atoms with Crippen molar-refractivity contribution in [3.05, 3.63) is 414 Å². The first-order valence-corrected chi connectivity index (χ1v) is 39.0. The van der Waals surface area contributed by atoms with Crippen LogP contribution < -0.4 is 0 Å². The molecule has 552 valence electrons. The Morgan fingerprint density at radius 1 is 0.193 bits per heavy atom. The molecule has 16 aromatic rings. The molecule has 13 aromatic carbocycles. The molecule has 0 N–H and O–H groups in total. The van der Waals surface area contributed by atoms with Crippen molar-refractivity contribution in [3.63, 3.8) is 0 Å². The van der Waals surface area contributed by atoms with Gasteiger partial charge in [0.15, 0.2) is 17.3 Å². The zero-order valence-electron chi connectivity index (χ0n) is 65.7. The maximum absolute atomic E-state index is 16.0. The molecular formula is C108H87N3O3. The third kappa shape index (κ3) is 15.6. The fourth-order valence-electron chi connectivity index (χ4n) is 15.4. The summed E-state index contributed by atoms with van der Waals surface area (Å²) in [7, 11) is 0. The standard InChI is InChI=1S/C108H87N3O3/c1-106(2,3)85-52-55-109-100(67-85)76-46-49-94(97(64-76)103(112)79-37-25-34-73(58-79)70-28-13-10-14-29-70)91-43-22-19-40-88(91)82-61-83(89-41-20-23-44-92(89)95-50-47-77(101-68-86(53-56-110-101)107(4,5)6)65-98(95)104(113)80-38-26-35-74(59-80)71-30-15-11-16-31-71)63-84(62-82)90-42-21-24-45-93(90)96-51-48-78(102-69-87(54-57-111-102)108(7,8)9)66-99(96)105(114)81-39-27-36-75(60-81)72-32-17-12-18-33-72/h10-69H,1-9H3. The van der Waals surface area contributed by atoms with Gasteiger partial charge in [0.1, 0.15) is 0 Å². The zero-order valence-corrected chi connectivity index (χ0v) is 65.7. The summed E-state index contributed by atoms with van der Waals surface area (Å²) in [4.78, 5) is 62.9. The molecule has 3 heterocycles. The third-order valence-electron chi connectivity index (χ3n) is 21.8. The van der Waals surface area contributed by atoms with Gasteiger partial charge in [-0.15, -0.1) is 0 Å². The Morgan fingerprint density at radius 2 is 0.439 bits per heavy atom. The van der Waals surface area contributed by atoms with E-state index in [9.17, 15) is 0 Å². The lowest BCUT2D eigenvalue weighted by atomic mass is 9.82. The van der Waals surface area contributed by atoms with Crippen LogP contribution in [0.15, 0.2) is 364 Å². The second-order valence-corrected chi connectivity index (χ2v) is 32.6. The van der Waals surface area contributed by atoms with Crippen LogP contribution in [0.2, 0.25) is 0 Å². The SMILES string of the molecule is CC(C)(C)c1ccnc(-c2ccc(-c3ccccc3-c3cc(-c4ccccc4-c4ccc(-c5cc(C(C)(C)C)ccn5)cc4C(=O)c4cccc(-c5ccccc5)c4)cc(-c4ccccc4-c4ccc(-c5cc(C(C)(C)C)ccn5)cc4C(=O)c4cccc(-c5ccccc5)c4)c3)c(C(=O)c3cccc(-c4ccccc4)c3)c2)c1. The van der Waals surface area contributed by atoms with E-state index in [0.29, 0.717) is 33.4 Å². The van der Waals surface area contributed by atoms with Gasteiger partial charge in [0.05, 0.1) is 17.1 Å². The molecule has 0 atom stereocenters. The summed E-state index contributed by atoms with van der Waals surface area (Å²) in [5, 5.41) is 0. The van der Waals surface area contributed by atoms with Crippen LogP contribution in [0.25, 0.3) is 134 Å². The minimum atomic E-state index is -0.158. The normalized spacial score (nSPS) is 11.7. The fraction of sp³-hybridized carbons (Fsp3) is 0.111. The van der Waals surface area contributed by atoms with Crippen LogP contribution in [0.5, 0.6) is 0 Å². The second-order valence-electron chi connectivity index (χ2n) is 32.6. The number of nitrogens with zero attached hydrogens (tertiary/aromatic N) is 3. The van der Waals surface area contributed by atoms with Crippen molar-refractivity contribution < 1.29 is 14.4 Å². The zero-order chi connectivity index (χ0) is 78.8. The van der Waals surface area contributed by atoms with Gasteiger partial charge in [-0.25, -0.2) is 0 Å². The Morgan fingerprint density at radius 3 is 0.702 bits per heavy atom. The fourth-order valence-corrected chi connectivity index (χ4v) is 15.4. The number of hydrogen-bond acceptors (Lipinski definition) is 6. The summed E-state index contributed by atoms with van der Waals surface area (Å²) < 4.78 is 0. The van der Waals surface area contributed by atoms with Gasteiger partial charge in [-0.1, -0.05) is 317 Å². The maximum atomic E-state index is 16.0. The van der Waals surface area contributed by atoms with Gasteiger partial charge in [-0.2, -0.15) is 0 Å². The van der Waals surface area contributed by atoms with Crippen LogP contribution in [0.1, 0.15) is 127 Å². The Kier molecular flexibility index (Phi) is 20.4. The number of pyridine rings is 3. The van der Waals surface area contributed by atoms with Gasteiger partial charge in [0, 0.05) is 68.7 Å². The lowest BCUT2D eigenvalue weighted by Gasteiger charge is -2.21. The van der Waals surface area contributed by atoms with Crippen LogP contribution in [0, 0.1) is 0 Å². The minimum Gasteiger partial charge on any atom is -0.289 e. The Labute approximate surface area is 669 Å². The van der Waals surface area contributed by atoms with Crippen LogP contribution in [-0.4, -0.2) is 32.3 Å². The van der Waals surface area contributed by atoms with Gasteiger partial charge in [-0.05, 0) is 224 Å². The first kappa shape index (κ1) is 74.4. The molecule has 0 saturated carbocycles. The van der Waals surface area contributed by atoms with Crippen molar-refractivity contribution in [1.29, 1.82) is 0 Å². The Balaban J connectivity index is 0.929. The average Bonchev–Trinajstić information content (AvgIpc) is 0.758. The Bertz CT molecular complexity index is 5730.